The summed E-state index contributed by atoms with van der Waals surface area (Å²) in [6.07, 6.45) is 0.0497. The molecular formula is C6H7N3O2. The molecule has 1 saturated heterocycles. The summed E-state index contributed by atoms with van der Waals surface area (Å²) in [5, 5.41) is 10.4. The molecule has 5 nitrogen and oxygen atoms in total. The number of nitrogens with one attached hydrogen (secondary N) is 1. The smallest absolute Gasteiger partial charge is 0.314 e. The summed E-state index contributed by atoms with van der Waals surface area (Å²) in [5.41, 5.74) is 0. The molecule has 0 saturated carbocycles. The van der Waals surface area contributed by atoms with Crippen molar-refractivity contribution in [2.45, 2.75) is 12.5 Å². The van der Waals surface area contributed by atoms with E-state index in [-0.39, 0.29) is 12.3 Å². The minimum absolute atomic E-state index is 0.0497. The Labute approximate surface area is 63.6 Å². The van der Waals surface area contributed by atoms with Gasteiger partial charge in [0.05, 0.1) is 12.5 Å². The van der Waals surface area contributed by atoms with Crippen LogP contribution in [0.25, 0.3) is 0 Å². The third-order valence-electron chi connectivity index (χ3n) is 1.61. The van der Waals surface area contributed by atoms with E-state index in [0.717, 1.165) is 0 Å². The molecule has 1 aliphatic rings. The molecular weight excluding hydrogens is 146 g/mol. The van der Waals surface area contributed by atoms with Crippen LogP contribution >= 0.6 is 0 Å². The number of imide groups is 1. The van der Waals surface area contributed by atoms with Gasteiger partial charge in [0.15, 0.2) is 0 Å². The number of urea groups is 1. The zero-order chi connectivity index (χ0) is 8.43. The van der Waals surface area contributed by atoms with E-state index >= 15 is 0 Å². The molecule has 1 unspecified atom stereocenters. The Morgan fingerprint density at radius 1 is 1.73 bits per heavy atom. The van der Waals surface area contributed by atoms with Gasteiger partial charge in [0.2, 0.25) is 0 Å². The quantitative estimate of drug-likeness (QED) is 0.513. The van der Waals surface area contributed by atoms with E-state index in [4.69, 9.17) is 5.26 Å². The van der Waals surface area contributed by atoms with Crippen LogP contribution in [-0.4, -0.2) is 29.9 Å². The van der Waals surface area contributed by atoms with Gasteiger partial charge in [0.1, 0.15) is 6.04 Å². The summed E-state index contributed by atoms with van der Waals surface area (Å²) in [6.45, 7) is 0. The summed E-state index contributed by atoms with van der Waals surface area (Å²) >= 11 is 0. The maximum Gasteiger partial charge on any atom is 0.324 e. The lowest BCUT2D eigenvalue weighted by atomic mass is 10.2. The van der Waals surface area contributed by atoms with E-state index in [0.29, 0.717) is 0 Å². The number of carbonyl (C=O) groups excluding carboxylic acids is 2. The molecule has 1 aliphatic heterocycles. The average molecular weight is 153 g/mol. The highest BCUT2D eigenvalue weighted by Gasteiger charge is 2.34. The van der Waals surface area contributed by atoms with Crippen LogP contribution in [0.3, 0.4) is 0 Å². The maximum absolute atomic E-state index is 10.9. The van der Waals surface area contributed by atoms with Gasteiger partial charge in [0.25, 0.3) is 5.91 Å². The first-order valence-corrected chi connectivity index (χ1v) is 3.11. The zero-order valence-corrected chi connectivity index (χ0v) is 6.00. The molecule has 11 heavy (non-hydrogen) atoms. The van der Waals surface area contributed by atoms with E-state index in [9.17, 15) is 9.59 Å². The minimum Gasteiger partial charge on any atom is -0.314 e. The van der Waals surface area contributed by atoms with Crippen molar-refractivity contribution in [1.29, 1.82) is 5.26 Å². The lowest BCUT2D eigenvalue weighted by Gasteiger charge is -2.11. The predicted octanol–water partition coefficient (Wildman–Crippen LogP) is -0.550. The fourth-order valence-corrected chi connectivity index (χ4v) is 0.910. The molecule has 0 spiro atoms. The topological polar surface area (TPSA) is 73.2 Å². The second-order valence-corrected chi connectivity index (χ2v) is 2.28. The molecule has 0 aromatic rings. The van der Waals surface area contributed by atoms with Crippen LogP contribution in [-0.2, 0) is 4.79 Å². The fraction of sp³-hybridized carbons (Fsp3) is 0.500. The van der Waals surface area contributed by atoms with Crippen LogP contribution in [0.15, 0.2) is 0 Å². The first-order valence-electron chi connectivity index (χ1n) is 3.11. The number of nitrogens with zero attached hydrogens (tertiary/aromatic N) is 2. The Kier molecular flexibility index (Phi) is 1.77. The monoisotopic (exact) mass is 153 g/mol. The van der Waals surface area contributed by atoms with Gasteiger partial charge in [-0.1, -0.05) is 0 Å². The highest BCUT2D eigenvalue weighted by Crippen LogP contribution is 2.07. The number of rotatable bonds is 1. The number of hydrogen-bond acceptors (Lipinski definition) is 3. The zero-order valence-electron chi connectivity index (χ0n) is 6.00. The fourth-order valence-electron chi connectivity index (χ4n) is 0.910. The van der Waals surface area contributed by atoms with Gasteiger partial charge in [-0.05, 0) is 0 Å². The lowest BCUT2D eigenvalue weighted by Crippen LogP contribution is -2.30. The van der Waals surface area contributed by atoms with Gasteiger partial charge < -0.3 is 4.90 Å². The molecule has 0 radical (unpaired) electrons. The van der Waals surface area contributed by atoms with Crippen molar-refractivity contribution in [1.82, 2.24) is 10.2 Å². The van der Waals surface area contributed by atoms with Crippen molar-refractivity contribution in [3.63, 3.8) is 0 Å². The third kappa shape index (κ3) is 1.15. The van der Waals surface area contributed by atoms with Gasteiger partial charge >= 0.3 is 6.03 Å². The highest BCUT2D eigenvalue weighted by molar-refractivity contribution is 6.04. The maximum atomic E-state index is 10.9. The third-order valence-corrected chi connectivity index (χ3v) is 1.61. The lowest BCUT2D eigenvalue weighted by molar-refractivity contribution is -0.121. The molecule has 1 atom stereocenters. The SMILES string of the molecule is CN1C(=O)NC(=O)C1CC#N. The summed E-state index contributed by atoms with van der Waals surface area (Å²) in [7, 11) is 1.49. The standard InChI is InChI=1S/C6H7N3O2/c1-9-4(2-3-7)5(10)8-6(9)11/h4H,2H2,1H3,(H,8,10,11). The molecule has 1 fully saturated rings. The normalized spacial score (nSPS) is 23.3. The van der Waals surface area contributed by atoms with Gasteiger partial charge in [-0.3, -0.25) is 10.1 Å². The number of hydrogen-bond donors (Lipinski definition) is 1. The first kappa shape index (κ1) is 7.54. The van der Waals surface area contributed by atoms with Crippen molar-refractivity contribution in [2.75, 3.05) is 7.05 Å². The number of nitriles is 1. The van der Waals surface area contributed by atoms with E-state index in [1.165, 1.54) is 11.9 Å². The molecule has 58 valence electrons. The molecule has 0 aromatic heterocycles. The molecule has 0 aromatic carbocycles. The molecule has 1 heterocycles. The molecule has 5 heteroatoms. The minimum atomic E-state index is -0.604. The summed E-state index contributed by atoms with van der Waals surface area (Å²) in [6, 6.07) is 0.797. The van der Waals surface area contributed by atoms with Crippen molar-refractivity contribution in [2.24, 2.45) is 0 Å². The van der Waals surface area contributed by atoms with Crippen LogP contribution < -0.4 is 5.32 Å². The second-order valence-electron chi connectivity index (χ2n) is 2.28. The molecule has 1 N–H and O–H groups in total. The van der Waals surface area contributed by atoms with Crippen LogP contribution in [0.2, 0.25) is 0 Å². The van der Waals surface area contributed by atoms with Crippen LogP contribution in [0.4, 0.5) is 4.79 Å². The van der Waals surface area contributed by atoms with Gasteiger partial charge in [0, 0.05) is 7.05 Å². The van der Waals surface area contributed by atoms with Gasteiger partial charge in [-0.25, -0.2) is 4.79 Å². The largest absolute Gasteiger partial charge is 0.324 e. The van der Waals surface area contributed by atoms with Crippen molar-refractivity contribution < 1.29 is 9.59 Å². The molecule has 3 amide bonds. The first-order chi connectivity index (χ1) is 5.16. The Morgan fingerprint density at radius 3 is 2.73 bits per heavy atom. The van der Waals surface area contributed by atoms with Crippen LogP contribution in [0.5, 0.6) is 0 Å². The van der Waals surface area contributed by atoms with Gasteiger partial charge in [-0.15, -0.1) is 0 Å². The predicted molar refractivity (Wildman–Crippen MR) is 35.3 cm³/mol. The second kappa shape index (κ2) is 2.58. The van der Waals surface area contributed by atoms with E-state index < -0.39 is 12.1 Å². The van der Waals surface area contributed by atoms with Crippen LogP contribution in [0, 0.1) is 11.3 Å². The van der Waals surface area contributed by atoms with Crippen molar-refractivity contribution in [3.05, 3.63) is 0 Å². The summed E-state index contributed by atoms with van der Waals surface area (Å²) in [4.78, 5) is 22.8. The number of carbonyl (C=O) groups is 2. The summed E-state index contributed by atoms with van der Waals surface area (Å²) < 4.78 is 0. The van der Waals surface area contributed by atoms with Crippen molar-refractivity contribution in [3.8, 4) is 6.07 Å². The Hall–Kier alpha value is -1.57. The van der Waals surface area contributed by atoms with E-state index in [2.05, 4.69) is 5.32 Å². The van der Waals surface area contributed by atoms with E-state index in [1.54, 1.807) is 0 Å². The van der Waals surface area contributed by atoms with Crippen molar-refractivity contribution >= 4 is 11.9 Å². The van der Waals surface area contributed by atoms with Gasteiger partial charge in [-0.2, -0.15) is 5.26 Å². The number of amides is 3. The summed E-state index contributed by atoms with van der Waals surface area (Å²) in [5.74, 6) is -0.390. The molecule has 0 aliphatic carbocycles. The van der Waals surface area contributed by atoms with Crippen LogP contribution in [0.1, 0.15) is 6.42 Å². The highest BCUT2D eigenvalue weighted by atomic mass is 16.2. The Balaban J connectivity index is 2.73. The average Bonchev–Trinajstić information content (AvgIpc) is 2.17. The number of likely N-dealkylation sites (N-methyl/N-ethyl adjacent to an activating group) is 1. The molecule has 0 bridgehead atoms. The Bertz CT molecular complexity index is 243. The molecule has 1 rings (SSSR count). The Morgan fingerprint density at radius 2 is 2.36 bits per heavy atom. The van der Waals surface area contributed by atoms with E-state index in [1.807, 2.05) is 6.07 Å².